The van der Waals surface area contributed by atoms with Crippen LogP contribution >= 0.6 is 11.6 Å². The first-order valence-corrected chi connectivity index (χ1v) is 10.6. The molecular weight excluding hydrogens is 457 g/mol. The van der Waals surface area contributed by atoms with Gasteiger partial charge in [0.2, 0.25) is 0 Å². The van der Waals surface area contributed by atoms with Crippen LogP contribution in [0.5, 0.6) is 0 Å². The van der Waals surface area contributed by atoms with E-state index in [2.05, 4.69) is 20.4 Å². The molecular formula is C24H17ClFN7O. The molecule has 0 aliphatic carbocycles. The summed E-state index contributed by atoms with van der Waals surface area (Å²) >= 11 is 6.43. The van der Waals surface area contributed by atoms with Gasteiger partial charge in [0, 0.05) is 23.0 Å². The molecule has 0 atom stereocenters. The largest absolute Gasteiger partial charge is 0.396 e. The van der Waals surface area contributed by atoms with E-state index in [1.54, 1.807) is 47.3 Å². The van der Waals surface area contributed by atoms with Gasteiger partial charge < -0.3 is 21.0 Å². The first-order chi connectivity index (χ1) is 16.4. The van der Waals surface area contributed by atoms with Crippen molar-refractivity contribution in [3.8, 4) is 17.3 Å². The number of nitrogens with one attached hydrogen (secondary N) is 3. The van der Waals surface area contributed by atoms with Crippen LogP contribution in [0.3, 0.4) is 0 Å². The van der Waals surface area contributed by atoms with Gasteiger partial charge in [-0.05, 0) is 48.5 Å². The lowest BCUT2D eigenvalue weighted by Gasteiger charge is -2.15. The van der Waals surface area contributed by atoms with Crippen LogP contribution in [0.1, 0.15) is 11.1 Å². The quantitative estimate of drug-likeness (QED) is 0.274. The average Bonchev–Trinajstić information content (AvgIpc) is 3.43. The fraction of sp³-hybridized carbons (Fsp3) is 0.0417. The Hall–Kier alpha value is -4.55. The van der Waals surface area contributed by atoms with Crippen molar-refractivity contribution < 1.29 is 4.39 Å². The molecule has 10 heteroatoms. The zero-order valence-electron chi connectivity index (χ0n) is 17.6. The summed E-state index contributed by atoms with van der Waals surface area (Å²) < 4.78 is 16.1. The Morgan fingerprint density at radius 2 is 1.94 bits per heavy atom. The van der Waals surface area contributed by atoms with Gasteiger partial charge in [-0.25, -0.2) is 9.18 Å². The maximum Gasteiger partial charge on any atom is 0.323 e. The standard InChI is InChI=1S/C24H17ClFN7O/c25-17-8-15(22-5-6-29-33(22)12-14-2-1-13(11-27)7-18(14)26)9-21(23(17)28)30-16-3-4-19-20(10-16)32-24(34)31-19/h1-10,30H,12,28H2,(H2,31,32,34). The lowest BCUT2D eigenvalue weighted by molar-refractivity contribution is 0.586. The molecule has 0 fully saturated rings. The monoisotopic (exact) mass is 473 g/mol. The van der Waals surface area contributed by atoms with Crippen molar-refractivity contribution in [1.82, 2.24) is 19.7 Å². The zero-order chi connectivity index (χ0) is 23.8. The third-order valence-electron chi connectivity index (χ3n) is 5.44. The van der Waals surface area contributed by atoms with Crippen LogP contribution in [0, 0.1) is 17.1 Å². The fourth-order valence-corrected chi connectivity index (χ4v) is 3.96. The predicted molar refractivity (Wildman–Crippen MR) is 130 cm³/mol. The minimum atomic E-state index is -0.476. The molecule has 0 aliphatic rings. The third kappa shape index (κ3) is 3.98. The molecule has 0 spiro atoms. The summed E-state index contributed by atoms with van der Waals surface area (Å²) in [5.74, 6) is -0.476. The number of nitrogens with two attached hydrogens (primary N) is 1. The number of nitrogen functional groups attached to an aromatic ring is 1. The van der Waals surface area contributed by atoms with Gasteiger partial charge in [-0.2, -0.15) is 10.4 Å². The van der Waals surface area contributed by atoms with E-state index in [0.717, 1.165) is 5.56 Å². The number of rotatable bonds is 5. The highest BCUT2D eigenvalue weighted by Crippen LogP contribution is 2.36. The Bertz CT molecular complexity index is 1640. The SMILES string of the molecule is N#Cc1ccc(Cn2nccc2-c2cc(Cl)c(N)c(Nc3ccc4[nH]c(=O)[nH]c4c3)c2)c(F)c1. The number of aromatic amines is 2. The molecule has 2 aromatic heterocycles. The summed E-state index contributed by atoms with van der Waals surface area (Å²) in [6.07, 6.45) is 1.62. The van der Waals surface area contributed by atoms with Crippen molar-refractivity contribution in [1.29, 1.82) is 5.26 Å². The number of hydrogen-bond acceptors (Lipinski definition) is 5. The number of halogens is 2. The van der Waals surface area contributed by atoms with Crippen LogP contribution in [0.15, 0.2) is 65.6 Å². The minimum absolute atomic E-state index is 0.169. The summed E-state index contributed by atoms with van der Waals surface area (Å²) in [5.41, 5.74) is 11.0. The van der Waals surface area contributed by atoms with Gasteiger partial charge in [-0.3, -0.25) is 4.68 Å². The molecule has 8 nitrogen and oxygen atoms in total. The second kappa shape index (κ2) is 8.42. The molecule has 0 aliphatic heterocycles. The molecule has 168 valence electrons. The number of aromatic nitrogens is 4. The van der Waals surface area contributed by atoms with E-state index in [9.17, 15) is 9.18 Å². The van der Waals surface area contributed by atoms with Crippen LogP contribution in [0.4, 0.5) is 21.5 Å². The molecule has 0 saturated carbocycles. The minimum Gasteiger partial charge on any atom is -0.396 e. The lowest BCUT2D eigenvalue weighted by Crippen LogP contribution is -2.06. The van der Waals surface area contributed by atoms with Crippen molar-refractivity contribution in [2.24, 2.45) is 0 Å². The van der Waals surface area contributed by atoms with Gasteiger partial charge in [-0.15, -0.1) is 0 Å². The van der Waals surface area contributed by atoms with Gasteiger partial charge in [0.05, 0.1) is 51.3 Å². The molecule has 5 N–H and O–H groups in total. The van der Waals surface area contributed by atoms with E-state index in [1.165, 1.54) is 6.07 Å². The van der Waals surface area contributed by atoms with Crippen LogP contribution in [0.25, 0.3) is 22.3 Å². The highest BCUT2D eigenvalue weighted by atomic mass is 35.5. The number of hydrogen-bond donors (Lipinski definition) is 4. The maximum atomic E-state index is 14.4. The van der Waals surface area contributed by atoms with Crippen molar-refractivity contribution >= 4 is 39.7 Å². The van der Waals surface area contributed by atoms with E-state index in [0.29, 0.717) is 44.4 Å². The van der Waals surface area contributed by atoms with Gasteiger partial charge in [0.1, 0.15) is 5.82 Å². The predicted octanol–water partition coefficient (Wildman–Crippen LogP) is 4.76. The van der Waals surface area contributed by atoms with Crippen molar-refractivity contribution in [3.05, 3.63) is 93.2 Å². The van der Waals surface area contributed by atoms with E-state index in [4.69, 9.17) is 22.6 Å². The normalized spacial score (nSPS) is 11.0. The Morgan fingerprint density at radius 3 is 2.74 bits per heavy atom. The Kier molecular flexibility index (Phi) is 5.28. The fourth-order valence-electron chi connectivity index (χ4n) is 3.75. The third-order valence-corrected chi connectivity index (χ3v) is 5.75. The van der Waals surface area contributed by atoms with Gasteiger partial charge in [0.25, 0.3) is 0 Å². The van der Waals surface area contributed by atoms with Crippen LogP contribution < -0.4 is 16.7 Å². The summed E-state index contributed by atoms with van der Waals surface area (Å²) in [4.78, 5) is 16.9. The van der Waals surface area contributed by atoms with Crippen molar-refractivity contribution in [2.75, 3.05) is 11.1 Å². The summed E-state index contributed by atoms with van der Waals surface area (Å²) in [6.45, 7) is 0.169. The second-order valence-electron chi connectivity index (χ2n) is 7.68. The smallest absolute Gasteiger partial charge is 0.323 e. The molecule has 0 bridgehead atoms. The molecule has 5 aromatic rings. The highest BCUT2D eigenvalue weighted by Gasteiger charge is 2.14. The second-order valence-corrected chi connectivity index (χ2v) is 8.08. The number of fused-ring (bicyclic) bond motifs is 1. The molecule has 0 unspecified atom stereocenters. The summed E-state index contributed by atoms with van der Waals surface area (Å²) in [5, 5.41) is 16.9. The van der Waals surface area contributed by atoms with Gasteiger partial charge >= 0.3 is 5.69 Å². The number of imidazole rings is 1. The van der Waals surface area contributed by atoms with Crippen LogP contribution in [-0.4, -0.2) is 19.7 Å². The Balaban J connectivity index is 1.49. The molecule has 2 heterocycles. The van der Waals surface area contributed by atoms with Gasteiger partial charge in [-0.1, -0.05) is 17.7 Å². The number of nitriles is 1. The highest BCUT2D eigenvalue weighted by molar-refractivity contribution is 6.34. The van der Waals surface area contributed by atoms with E-state index in [1.807, 2.05) is 18.2 Å². The molecule has 0 amide bonds. The average molecular weight is 474 g/mol. The van der Waals surface area contributed by atoms with Crippen molar-refractivity contribution in [2.45, 2.75) is 6.54 Å². The molecule has 0 saturated heterocycles. The zero-order valence-corrected chi connectivity index (χ0v) is 18.3. The number of H-pyrrole nitrogens is 2. The van der Waals surface area contributed by atoms with E-state index in [-0.39, 0.29) is 17.8 Å². The van der Waals surface area contributed by atoms with Crippen molar-refractivity contribution in [3.63, 3.8) is 0 Å². The topological polar surface area (TPSA) is 128 Å². The Labute approximate surface area is 197 Å². The molecule has 0 radical (unpaired) electrons. The van der Waals surface area contributed by atoms with Crippen LogP contribution in [0.2, 0.25) is 5.02 Å². The molecule has 3 aromatic carbocycles. The van der Waals surface area contributed by atoms with E-state index >= 15 is 0 Å². The maximum absolute atomic E-state index is 14.4. The lowest BCUT2D eigenvalue weighted by atomic mass is 10.1. The molecule has 34 heavy (non-hydrogen) atoms. The van der Waals surface area contributed by atoms with Crippen LogP contribution in [-0.2, 0) is 6.54 Å². The van der Waals surface area contributed by atoms with E-state index < -0.39 is 5.82 Å². The van der Waals surface area contributed by atoms with Gasteiger partial charge in [0.15, 0.2) is 0 Å². The first-order valence-electron chi connectivity index (χ1n) is 10.2. The number of anilines is 3. The number of nitrogens with zero attached hydrogens (tertiary/aromatic N) is 3. The summed E-state index contributed by atoms with van der Waals surface area (Å²) in [6, 6.07) is 17.0. The number of benzene rings is 3. The molecule has 5 rings (SSSR count). The Morgan fingerprint density at radius 1 is 1.12 bits per heavy atom. The first kappa shape index (κ1) is 21.3. The summed E-state index contributed by atoms with van der Waals surface area (Å²) in [7, 11) is 0.